The first kappa shape index (κ1) is 12.1. The molecule has 0 aliphatic carbocycles. The third kappa shape index (κ3) is 2.06. The lowest BCUT2D eigenvalue weighted by molar-refractivity contribution is 1.47. The minimum Gasteiger partial charge on any atom is -0.399 e. The molecule has 3 aromatic carbocycles. The molecule has 0 aliphatic heterocycles. The highest BCUT2D eigenvalue weighted by Crippen LogP contribution is 2.33. The van der Waals surface area contributed by atoms with Crippen molar-refractivity contribution in [3.05, 3.63) is 65.2 Å². The molecule has 0 bridgehead atoms. The molecule has 3 aromatic rings. The Bertz CT molecular complexity index is 762. The van der Waals surface area contributed by atoms with Gasteiger partial charge in [0.2, 0.25) is 0 Å². The van der Waals surface area contributed by atoms with Gasteiger partial charge in [0.1, 0.15) is 0 Å². The maximum atomic E-state index is 6.25. The Morgan fingerprint density at radius 1 is 0.895 bits per heavy atom. The second kappa shape index (κ2) is 4.60. The van der Waals surface area contributed by atoms with E-state index in [9.17, 15) is 0 Å². The van der Waals surface area contributed by atoms with Crippen LogP contribution in [0.5, 0.6) is 0 Å². The lowest BCUT2D eigenvalue weighted by Gasteiger charge is -2.10. The van der Waals surface area contributed by atoms with Gasteiger partial charge in [-0.1, -0.05) is 48.0 Å². The number of hydrogen-bond donors (Lipinski definition) is 1. The first-order valence-corrected chi connectivity index (χ1v) is 6.58. The standard InChI is InChI=1S/C17H14ClN/c1-11-10-12(6-9-17(11)19)13-7-8-16(18)15-5-3-2-4-14(13)15/h2-10H,19H2,1H3. The molecule has 0 atom stereocenters. The molecule has 94 valence electrons. The van der Waals surface area contributed by atoms with E-state index < -0.39 is 0 Å². The van der Waals surface area contributed by atoms with Gasteiger partial charge in [-0.2, -0.15) is 0 Å². The number of halogens is 1. The summed E-state index contributed by atoms with van der Waals surface area (Å²) in [5.74, 6) is 0. The minimum atomic E-state index is 0.784. The molecule has 0 saturated heterocycles. The maximum Gasteiger partial charge on any atom is 0.0484 e. The van der Waals surface area contributed by atoms with Crippen LogP contribution in [0.15, 0.2) is 54.6 Å². The fourth-order valence-electron chi connectivity index (χ4n) is 2.36. The second-order valence-electron chi connectivity index (χ2n) is 4.71. The quantitative estimate of drug-likeness (QED) is 0.614. The van der Waals surface area contributed by atoms with Crippen molar-refractivity contribution in [3.63, 3.8) is 0 Å². The van der Waals surface area contributed by atoms with Crippen LogP contribution in [0.2, 0.25) is 5.02 Å². The van der Waals surface area contributed by atoms with E-state index >= 15 is 0 Å². The highest BCUT2D eigenvalue weighted by atomic mass is 35.5. The first-order valence-electron chi connectivity index (χ1n) is 6.20. The lowest BCUT2D eigenvalue weighted by Crippen LogP contribution is -1.90. The van der Waals surface area contributed by atoms with Crippen LogP contribution in [0.1, 0.15) is 5.56 Å². The van der Waals surface area contributed by atoms with Crippen LogP contribution < -0.4 is 5.73 Å². The van der Waals surface area contributed by atoms with Gasteiger partial charge in [0.05, 0.1) is 0 Å². The molecule has 1 nitrogen and oxygen atoms in total. The van der Waals surface area contributed by atoms with Crippen LogP contribution in [-0.4, -0.2) is 0 Å². The van der Waals surface area contributed by atoms with Gasteiger partial charge < -0.3 is 5.73 Å². The van der Waals surface area contributed by atoms with Crippen LogP contribution in [0.4, 0.5) is 5.69 Å². The number of anilines is 1. The highest BCUT2D eigenvalue weighted by molar-refractivity contribution is 6.36. The smallest absolute Gasteiger partial charge is 0.0484 e. The topological polar surface area (TPSA) is 26.0 Å². The van der Waals surface area contributed by atoms with Crippen molar-refractivity contribution in [2.75, 3.05) is 5.73 Å². The van der Waals surface area contributed by atoms with Crippen molar-refractivity contribution in [1.29, 1.82) is 0 Å². The molecule has 0 spiro atoms. The Hall–Kier alpha value is -1.99. The van der Waals surface area contributed by atoms with Crippen LogP contribution >= 0.6 is 11.6 Å². The number of rotatable bonds is 1. The Morgan fingerprint density at radius 2 is 1.63 bits per heavy atom. The molecule has 0 aliphatic rings. The van der Waals surface area contributed by atoms with Crippen LogP contribution in [0, 0.1) is 6.92 Å². The third-order valence-electron chi connectivity index (χ3n) is 3.45. The maximum absolute atomic E-state index is 6.25. The zero-order valence-electron chi connectivity index (χ0n) is 10.7. The van der Waals surface area contributed by atoms with E-state index in [1.54, 1.807) is 0 Å². The van der Waals surface area contributed by atoms with E-state index in [1.807, 2.05) is 37.3 Å². The predicted octanol–water partition coefficient (Wildman–Crippen LogP) is 5.05. The van der Waals surface area contributed by atoms with E-state index in [0.717, 1.165) is 21.7 Å². The number of fused-ring (bicyclic) bond motifs is 1. The summed E-state index contributed by atoms with van der Waals surface area (Å²) in [7, 11) is 0. The largest absolute Gasteiger partial charge is 0.399 e. The molecule has 0 unspecified atom stereocenters. The average molecular weight is 268 g/mol. The van der Waals surface area contributed by atoms with E-state index in [2.05, 4.69) is 24.3 Å². The number of hydrogen-bond acceptors (Lipinski definition) is 1. The molecule has 0 radical (unpaired) electrons. The molecule has 19 heavy (non-hydrogen) atoms. The van der Waals surface area contributed by atoms with Gasteiger partial charge in [-0.05, 0) is 47.2 Å². The van der Waals surface area contributed by atoms with Crippen molar-refractivity contribution in [1.82, 2.24) is 0 Å². The predicted molar refractivity (Wildman–Crippen MR) is 83.5 cm³/mol. The molecule has 3 rings (SSSR count). The summed E-state index contributed by atoms with van der Waals surface area (Å²) in [6.07, 6.45) is 0. The van der Waals surface area contributed by atoms with Crippen molar-refractivity contribution >= 4 is 28.1 Å². The first-order chi connectivity index (χ1) is 9.16. The zero-order chi connectivity index (χ0) is 13.4. The van der Waals surface area contributed by atoms with Crippen molar-refractivity contribution < 1.29 is 0 Å². The molecule has 0 heterocycles. The van der Waals surface area contributed by atoms with Crippen molar-refractivity contribution in [2.45, 2.75) is 6.92 Å². The number of nitrogens with two attached hydrogens (primary N) is 1. The van der Waals surface area contributed by atoms with Crippen LogP contribution in [0.3, 0.4) is 0 Å². The van der Waals surface area contributed by atoms with Gasteiger partial charge in [0.25, 0.3) is 0 Å². The Balaban J connectivity index is 2.31. The zero-order valence-corrected chi connectivity index (χ0v) is 11.4. The van der Waals surface area contributed by atoms with E-state index in [1.165, 1.54) is 16.5 Å². The summed E-state index contributed by atoms with van der Waals surface area (Å²) in [4.78, 5) is 0. The normalized spacial score (nSPS) is 10.8. The summed E-state index contributed by atoms with van der Waals surface area (Å²) >= 11 is 6.25. The monoisotopic (exact) mass is 267 g/mol. The fraction of sp³-hybridized carbons (Fsp3) is 0.0588. The Kier molecular flexibility index (Phi) is 2.92. The summed E-state index contributed by atoms with van der Waals surface area (Å²) in [6.45, 7) is 2.02. The fourth-order valence-corrected chi connectivity index (χ4v) is 2.59. The molecule has 0 fully saturated rings. The molecule has 2 heteroatoms. The van der Waals surface area contributed by atoms with Crippen molar-refractivity contribution in [2.24, 2.45) is 0 Å². The molecule has 2 N–H and O–H groups in total. The van der Waals surface area contributed by atoms with E-state index in [4.69, 9.17) is 17.3 Å². The van der Waals surface area contributed by atoms with Crippen molar-refractivity contribution in [3.8, 4) is 11.1 Å². The highest BCUT2D eigenvalue weighted by Gasteiger charge is 2.07. The molecular formula is C17H14ClN. The van der Waals surface area contributed by atoms with Gasteiger partial charge in [0, 0.05) is 16.1 Å². The molecule has 0 amide bonds. The summed E-state index contributed by atoms with van der Waals surface area (Å²) in [5.41, 5.74) is 10.1. The number of benzene rings is 3. The summed E-state index contributed by atoms with van der Waals surface area (Å²) in [6, 6.07) is 18.3. The summed E-state index contributed by atoms with van der Waals surface area (Å²) in [5, 5.41) is 3.03. The average Bonchev–Trinajstić information content (AvgIpc) is 2.43. The Morgan fingerprint density at radius 3 is 2.37 bits per heavy atom. The minimum absolute atomic E-state index is 0.784. The van der Waals surface area contributed by atoms with Gasteiger partial charge in [-0.25, -0.2) is 0 Å². The van der Waals surface area contributed by atoms with E-state index in [0.29, 0.717) is 0 Å². The van der Waals surface area contributed by atoms with Gasteiger partial charge in [-0.15, -0.1) is 0 Å². The van der Waals surface area contributed by atoms with Crippen LogP contribution in [0.25, 0.3) is 21.9 Å². The van der Waals surface area contributed by atoms with E-state index in [-0.39, 0.29) is 0 Å². The number of aryl methyl sites for hydroxylation is 1. The molecule has 0 saturated carbocycles. The van der Waals surface area contributed by atoms with Gasteiger partial charge in [-0.3, -0.25) is 0 Å². The lowest BCUT2D eigenvalue weighted by atomic mass is 9.97. The number of nitrogen functional groups attached to an aromatic ring is 1. The third-order valence-corrected chi connectivity index (χ3v) is 3.78. The molecular weight excluding hydrogens is 254 g/mol. The molecule has 0 aromatic heterocycles. The summed E-state index contributed by atoms with van der Waals surface area (Å²) < 4.78 is 0. The Labute approximate surface area is 117 Å². The second-order valence-corrected chi connectivity index (χ2v) is 5.12. The SMILES string of the molecule is Cc1cc(-c2ccc(Cl)c3ccccc23)ccc1N. The van der Waals surface area contributed by atoms with Crippen LogP contribution in [-0.2, 0) is 0 Å². The van der Waals surface area contributed by atoms with Gasteiger partial charge in [0.15, 0.2) is 0 Å². The van der Waals surface area contributed by atoms with Gasteiger partial charge >= 0.3 is 0 Å².